The fourth-order valence-electron chi connectivity index (χ4n) is 4.83. The minimum Gasteiger partial charge on any atom is -0.338 e. The number of aromatic nitrogens is 4. The molecule has 1 aliphatic rings. The van der Waals surface area contributed by atoms with Crippen molar-refractivity contribution in [2.45, 2.75) is 32.6 Å². The first-order chi connectivity index (χ1) is 17.5. The van der Waals surface area contributed by atoms with Crippen LogP contribution in [-0.4, -0.2) is 49.2 Å². The molecule has 4 aromatic rings. The molecule has 5 rings (SSSR count). The largest absolute Gasteiger partial charge is 0.338 e. The van der Waals surface area contributed by atoms with Crippen LogP contribution in [0.2, 0.25) is 0 Å². The van der Waals surface area contributed by atoms with E-state index in [1.165, 1.54) is 6.08 Å². The lowest BCUT2D eigenvalue weighted by molar-refractivity contribution is -0.127. The van der Waals surface area contributed by atoms with Crippen LogP contribution >= 0.6 is 0 Å². The summed E-state index contributed by atoms with van der Waals surface area (Å²) in [5.74, 6) is 1.27. The molecule has 8 heteroatoms. The highest BCUT2D eigenvalue weighted by molar-refractivity contribution is 6.04. The van der Waals surface area contributed by atoms with Gasteiger partial charge in [-0.25, -0.2) is 9.97 Å². The van der Waals surface area contributed by atoms with Gasteiger partial charge >= 0.3 is 0 Å². The molecule has 4 heterocycles. The van der Waals surface area contributed by atoms with E-state index in [1.54, 1.807) is 30.5 Å². The molecule has 0 aliphatic carbocycles. The number of benzene rings is 1. The lowest BCUT2D eigenvalue weighted by Crippen LogP contribution is -2.38. The van der Waals surface area contributed by atoms with Crippen LogP contribution in [0.4, 0.5) is 5.82 Å². The summed E-state index contributed by atoms with van der Waals surface area (Å²) < 4.78 is 2.17. The van der Waals surface area contributed by atoms with Gasteiger partial charge in [0.1, 0.15) is 11.6 Å². The second-order valence-corrected chi connectivity index (χ2v) is 9.06. The molecule has 0 unspecified atom stereocenters. The maximum atomic E-state index is 12.7. The Morgan fingerprint density at radius 3 is 2.64 bits per heavy atom. The first kappa shape index (κ1) is 23.4. The number of nitrogens with zero attached hydrogens (tertiary/aromatic N) is 5. The summed E-state index contributed by atoms with van der Waals surface area (Å²) in [5.41, 5.74) is 5.07. The molecule has 0 bridgehead atoms. The molecule has 0 radical (unpaired) electrons. The van der Waals surface area contributed by atoms with Crippen LogP contribution in [0.5, 0.6) is 0 Å². The highest BCUT2D eigenvalue weighted by Gasteiger charge is 2.29. The van der Waals surface area contributed by atoms with Crippen molar-refractivity contribution in [3.05, 3.63) is 90.3 Å². The average molecular weight is 481 g/mol. The van der Waals surface area contributed by atoms with Gasteiger partial charge in [-0.3, -0.25) is 19.0 Å². The van der Waals surface area contributed by atoms with Crippen LogP contribution in [-0.2, 0) is 4.79 Å². The number of anilines is 1. The van der Waals surface area contributed by atoms with Crippen molar-refractivity contribution in [2.24, 2.45) is 0 Å². The Kier molecular flexibility index (Phi) is 6.33. The van der Waals surface area contributed by atoms with E-state index in [0.29, 0.717) is 17.9 Å². The lowest BCUT2D eigenvalue weighted by atomic mass is 9.97. The molecule has 0 spiro atoms. The van der Waals surface area contributed by atoms with Gasteiger partial charge < -0.3 is 10.2 Å². The molecule has 36 heavy (non-hydrogen) atoms. The van der Waals surface area contributed by atoms with Gasteiger partial charge in [0.05, 0.1) is 16.9 Å². The SMILES string of the molecule is C=CC(=O)N1CCC[C@@H](c2nc(-c3ccc(C(=O)Nc4ccccn4)cc3)c3c(C)ncc(C)n23)C1. The summed E-state index contributed by atoms with van der Waals surface area (Å²) in [7, 11) is 0. The van der Waals surface area contributed by atoms with Gasteiger partial charge in [-0.15, -0.1) is 0 Å². The molecule has 8 nitrogen and oxygen atoms in total. The number of nitrogens with one attached hydrogen (secondary N) is 1. The van der Waals surface area contributed by atoms with E-state index >= 15 is 0 Å². The Balaban J connectivity index is 1.51. The highest BCUT2D eigenvalue weighted by atomic mass is 16.2. The molecule has 1 atom stereocenters. The molecule has 3 aromatic heterocycles. The molecular weight excluding hydrogens is 452 g/mol. The zero-order chi connectivity index (χ0) is 25.2. The summed E-state index contributed by atoms with van der Waals surface area (Å²) in [5, 5.41) is 2.81. The van der Waals surface area contributed by atoms with Crippen molar-refractivity contribution < 1.29 is 9.59 Å². The van der Waals surface area contributed by atoms with E-state index in [0.717, 1.165) is 53.4 Å². The van der Waals surface area contributed by atoms with Gasteiger partial charge in [0.25, 0.3) is 5.91 Å². The number of carbonyl (C=O) groups excluding carboxylic acids is 2. The molecular formula is C28H28N6O2. The van der Waals surface area contributed by atoms with Crippen LogP contribution in [0.1, 0.15) is 46.3 Å². The number of amides is 2. The third-order valence-electron chi connectivity index (χ3n) is 6.64. The molecule has 1 fully saturated rings. The van der Waals surface area contributed by atoms with Gasteiger partial charge in [0, 0.05) is 48.2 Å². The van der Waals surface area contributed by atoms with E-state index in [1.807, 2.05) is 43.1 Å². The first-order valence-corrected chi connectivity index (χ1v) is 12.0. The second-order valence-electron chi connectivity index (χ2n) is 9.06. The topological polar surface area (TPSA) is 92.5 Å². The average Bonchev–Trinajstić information content (AvgIpc) is 3.33. The summed E-state index contributed by atoms with van der Waals surface area (Å²) in [6.45, 7) is 8.99. The van der Waals surface area contributed by atoms with Crippen molar-refractivity contribution >= 4 is 23.1 Å². The maximum Gasteiger partial charge on any atom is 0.256 e. The molecule has 1 aliphatic heterocycles. The molecule has 1 saturated heterocycles. The van der Waals surface area contributed by atoms with Crippen molar-refractivity contribution in [1.29, 1.82) is 0 Å². The van der Waals surface area contributed by atoms with E-state index in [-0.39, 0.29) is 17.7 Å². The number of hydrogen-bond acceptors (Lipinski definition) is 5. The number of pyridine rings is 1. The molecule has 1 aromatic carbocycles. The van der Waals surface area contributed by atoms with Crippen molar-refractivity contribution in [1.82, 2.24) is 24.3 Å². The Morgan fingerprint density at radius 1 is 1.11 bits per heavy atom. The number of fused-ring (bicyclic) bond motifs is 1. The predicted octanol–water partition coefficient (Wildman–Crippen LogP) is 4.55. The van der Waals surface area contributed by atoms with E-state index < -0.39 is 0 Å². The van der Waals surface area contributed by atoms with E-state index in [9.17, 15) is 9.59 Å². The smallest absolute Gasteiger partial charge is 0.256 e. The van der Waals surface area contributed by atoms with Crippen LogP contribution in [0, 0.1) is 13.8 Å². The third kappa shape index (κ3) is 4.37. The number of likely N-dealkylation sites (tertiary alicyclic amines) is 1. The number of carbonyl (C=O) groups is 2. The third-order valence-corrected chi connectivity index (χ3v) is 6.64. The summed E-state index contributed by atoms with van der Waals surface area (Å²) in [6, 6.07) is 12.8. The van der Waals surface area contributed by atoms with Crippen molar-refractivity contribution in [3.8, 4) is 11.3 Å². The van der Waals surface area contributed by atoms with E-state index in [4.69, 9.17) is 4.98 Å². The van der Waals surface area contributed by atoms with Gasteiger partial charge in [-0.05, 0) is 57.0 Å². The summed E-state index contributed by atoms with van der Waals surface area (Å²) >= 11 is 0. The molecule has 1 N–H and O–H groups in total. The van der Waals surface area contributed by atoms with Gasteiger partial charge in [-0.1, -0.05) is 24.8 Å². The zero-order valence-corrected chi connectivity index (χ0v) is 20.4. The normalized spacial score (nSPS) is 15.6. The fraction of sp³-hybridized carbons (Fsp3) is 0.250. The molecule has 0 saturated carbocycles. The van der Waals surface area contributed by atoms with Gasteiger partial charge in [0.2, 0.25) is 5.91 Å². The standard InChI is InChI=1S/C28H28N6O2/c1-4-24(35)33-15-7-8-22(17-33)27-32-25(26-19(3)30-16-18(2)34(26)27)20-10-12-21(13-11-20)28(36)31-23-9-5-6-14-29-23/h4-6,9-14,16,22H,1,7-8,15,17H2,2-3H3,(H,29,31,36)/t22-/m1/s1. The van der Waals surface area contributed by atoms with Crippen LogP contribution in [0.15, 0.2) is 67.5 Å². The number of piperidine rings is 1. The van der Waals surface area contributed by atoms with Crippen LogP contribution < -0.4 is 5.32 Å². The summed E-state index contributed by atoms with van der Waals surface area (Å²) in [6.07, 6.45) is 6.74. The van der Waals surface area contributed by atoms with Gasteiger partial charge in [0.15, 0.2) is 0 Å². The fourth-order valence-corrected chi connectivity index (χ4v) is 4.83. The molecule has 2 amide bonds. The Hall–Kier alpha value is -4.33. The zero-order valence-electron chi connectivity index (χ0n) is 20.4. The van der Waals surface area contributed by atoms with Gasteiger partial charge in [-0.2, -0.15) is 0 Å². The predicted molar refractivity (Wildman–Crippen MR) is 139 cm³/mol. The maximum absolute atomic E-state index is 12.7. The molecule has 182 valence electrons. The number of rotatable bonds is 5. The minimum atomic E-state index is -0.224. The quantitative estimate of drug-likeness (QED) is 0.423. The Bertz CT molecular complexity index is 1440. The highest BCUT2D eigenvalue weighted by Crippen LogP contribution is 2.34. The number of aryl methyl sites for hydroxylation is 2. The second kappa shape index (κ2) is 9.73. The monoisotopic (exact) mass is 480 g/mol. The van der Waals surface area contributed by atoms with Crippen LogP contribution in [0.3, 0.4) is 0 Å². The number of hydrogen-bond donors (Lipinski definition) is 1. The minimum absolute atomic E-state index is 0.0464. The summed E-state index contributed by atoms with van der Waals surface area (Å²) in [4.78, 5) is 40.7. The van der Waals surface area contributed by atoms with Crippen molar-refractivity contribution in [3.63, 3.8) is 0 Å². The first-order valence-electron chi connectivity index (χ1n) is 12.0. The Morgan fingerprint density at radius 2 is 1.92 bits per heavy atom. The number of imidazole rings is 1. The lowest BCUT2D eigenvalue weighted by Gasteiger charge is -2.31. The van der Waals surface area contributed by atoms with Crippen LogP contribution in [0.25, 0.3) is 16.8 Å². The Labute approximate surface area is 209 Å². The van der Waals surface area contributed by atoms with E-state index in [2.05, 4.69) is 26.3 Å². The van der Waals surface area contributed by atoms with Crippen molar-refractivity contribution in [2.75, 3.05) is 18.4 Å².